The Kier molecular flexibility index (Phi) is 3.37. The van der Waals surface area contributed by atoms with Crippen molar-refractivity contribution in [1.82, 2.24) is 20.3 Å². The molecule has 1 aromatic heterocycles. The number of hydrogen-bond donors (Lipinski definition) is 1. The minimum absolute atomic E-state index is 0.929. The summed E-state index contributed by atoms with van der Waals surface area (Å²) in [4.78, 5) is 1.52. The minimum atomic E-state index is 0.929. The summed E-state index contributed by atoms with van der Waals surface area (Å²) in [5.41, 5.74) is 3.04. The molecule has 0 aliphatic carbocycles. The van der Waals surface area contributed by atoms with Crippen molar-refractivity contribution >= 4 is 0 Å². The van der Waals surface area contributed by atoms with Crippen molar-refractivity contribution in [3.8, 4) is 0 Å². The van der Waals surface area contributed by atoms with Crippen molar-refractivity contribution in [1.29, 1.82) is 0 Å². The third-order valence-electron chi connectivity index (χ3n) is 1.40. The summed E-state index contributed by atoms with van der Waals surface area (Å²) in [5, 5.41) is 10.6. The predicted molar refractivity (Wildman–Crippen MR) is 41.6 cm³/mol. The molecule has 1 rings (SSSR count). The van der Waals surface area contributed by atoms with Crippen LogP contribution in [-0.4, -0.2) is 26.9 Å². The number of unbranched alkanes of at least 4 members (excludes halogenated alkanes) is 2. The monoisotopic (exact) mass is 155 g/mol. The van der Waals surface area contributed by atoms with E-state index in [1.165, 1.54) is 17.6 Å². The molecular formula is C6H13N5. The van der Waals surface area contributed by atoms with Gasteiger partial charge in [-0.25, -0.2) is 0 Å². The first-order valence-corrected chi connectivity index (χ1v) is 3.90. The van der Waals surface area contributed by atoms with Crippen LogP contribution >= 0.6 is 0 Å². The Bertz CT molecular complexity index is 171. The Balaban J connectivity index is 2.04. The van der Waals surface area contributed by atoms with Crippen LogP contribution in [0.1, 0.15) is 26.2 Å². The number of aromatic nitrogens is 4. The van der Waals surface area contributed by atoms with E-state index < -0.39 is 0 Å². The molecule has 0 aliphatic rings. The molecule has 0 spiro atoms. The van der Waals surface area contributed by atoms with Crippen LogP contribution in [0.2, 0.25) is 0 Å². The average molecular weight is 155 g/mol. The number of tetrazole rings is 1. The molecule has 1 aromatic rings. The van der Waals surface area contributed by atoms with Crippen LogP contribution in [0.15, 0.2) is 6.33 Å². The summed E-state index contributed by atoms with van der Waals surface area (Å²) in [6.45, 7) is 3.11. The van der Waals surface area contributed by atoms with E-state index in [4.69, 9.17) is 0 Å². The van der Waals surface area contributed by atoms with Crippen molar-refractivity contribution in [3.63, 3.8) is 0 Å². The van der Waals surface area contributed by atoms with E-state index in [0.717, 1.165) is 13.0 Å². The molecule has 11 heavy (non-hydrogen) atoms. The Morgan fingerprint density at radius 3 is 3.00 bits per heavy atom. The average Bonchev–Trinajstić information content (AvgIpc) is 2.50. The Labute approximate surface area is 65.8 Å². The van der Waals surface area contributed by atoms with E-state index >= 15 is 0 Å². The summed E-state index contributed by atoms with van der Waals surface area (Å²) >= 11 is 0. The highest BCUT2D eigenvalue weighted by atomic mass is 15.7. The smallest absolute Gasteiger partial charge is 0.161 e. The molecule has 1 N–H and O–H groups in total. The van der Waals surface area contributed by atoms with Crippen LogP contribution in [0.3, 0.4) is 0 Å². The second kappa shape index (κ2) is 4.65. The van der Waals surface area contributed by atoms with Gasteiger partial charge in [-0.2, -0.15) is 0 Å². The van der Waals surface area contributed by atoms with Gasteiger partial charge in [0, 0.05) is 6.54 Å². The highest BCUT2D eigenvalue weighted by molar-refractivity contribution is 4.62. The normalized spacial score (nSPS) is 9.91. The van der Waals surface area contributed by atoms with Gasteiger partial charge in [0.2, 0.25) is 0 Å². The van der Waals surface area contributed by atoms with Crippen LogP contribution in [0.25, 0.3) is 0 Å². The fourth-order valence-corrected chi connectivity index (χ4v) is 0.802. The van der Waals surface area contributed by atoms with Crippen molar-refractivity contribution in [2.24, 2.45) is 0 Å². The van der Waals surface area contributed by atoms with E-state index in [1.807, 2.05) is 0 Å². The number of nitrogens with one attached hydrogen (secondary N) is 1. The molecule has 0 amide bonds. The summed E-state index contributed by atoms with van der Waals surface area (Å²) in [5.74, 6) is 0. The SMILES string of the molecule is CCCCCNn1cnnn1. The quantitative estimate of drug-likeness (QED) is 0.625. The van der Waals surface area contributed by atoms with Gasteiger partial charge in [0.05, 0.1) is 0 Å². The molecule has 5 heteroatoms. The Hall–Kier alpha value is -1.13. The van der Waals surface area contributed by atoms with Crippen LogP contribution in [0.5, 0.6) is 0 Å². The number of nitrogens with zero attached hydrogens (tertiary/aromatic N) is 4. The van der Waals surface area contributed by atoms with Crippen LogP contribution in [0, 0.1) is 0 Å². The zero-order valence-electron chi connectivity index (χ0n) is 6.69. The van der Waals surface area contributed by atoms with Gasteiger partial charge in [-0.1, -0.05) is 19.8 Å². The van der Waals surface area contributed by atoms with Crippen molar-refractivity contribution in [3.05, 3.63) is 6.33 Å². The van der Waals surface area contributed by atoms with E-state index in [-0.39, 0.29) is 0 Å². The predicted octanol–water partition coefficient (Wildman–Crippen LogP) is 0.407. The molecular weight excluding hydrogens is 142 g/mol. The summed E-state index contributed by atoms with van der Waals surface area (Å²) in [6, 6.07) is 0. The van der Waals surface area contributed by atoms with Gasteiger partial charge >= 0.3 is 0 Å². The maximum Gasteiger partial charge on any atom is 0.161 e. The first kappa shape index (κ1) is 7.97. The van der Waals surface area contributed by atoms with Crippen molar-refractivity contribution in [2.45, 2.75) is 26.2 Å². The van der Waals surface area contributed by atoms with Gasteiger partial charge < -0.3 is 5.43 Å². The minimum Gasteiger partial charge on any atom is -0.307 e. The highest BCUT2D eigenvalue weighted by Gasteiger charge is 1.88. The second-order valence-electron chi connectivity index (χ2n) is 2.37. The molecule has 0 aromatic carbocycles. The summed E-state index contributed by atoms with van der Waals surface area (Å²) in [6.07, 6.45) is 5.19. The molecule has 0 saturated carbocycles. The lowest BCUT2D eigenvalue weighted by Gasteiger charge is -2.01. The Morgan fingerprint density at radius 1 is 1.45 bits per heavy atom. The van der Waals surface area contributed by atoms with Gasteiger partial charge in [-0.05, 0) is 16.8 Å². The maximum absolute atomic E-state index is 3.66. The number of rotatable bonds is 5. The topological polar surface area (TPSA) is 55.6 Å². The summed E-state index contributed by atoms with van der Waals surface area (Å²) in [7, 11) is 0. The zero-order valence-corrected chi connectivity index (χ0v) is 6.69. The third kappa shape index (κ3) is 2.97. The number of hydrogen-bond acceptors (Lipinski definition) is 4. The molecule has 62 valence electrons. The van der Waals surface area contributed by atoms with Crippen LogP contribution in [-0.2, 0) is 0 Å². The van der Waals surface area contributed by atoms with E-state index in [1.54, 1.807) is 6.33 Å². The standard InChI is InChI=1S/C6H13N5/c1-2-3-4-5-8-11-6-7-9-10-11/h6,8H,2-5H2,1H3. The zero-order chi connectivity index (χ0) is 7.94. The third-order valence-corrected chi connectivity index (χ3v) is 1.40. The molecule has 0 bridgehead atoms. The fourth-order valence-electron chi connectivity index (χ4n) is 0.802. The molecule has 0 aliphatic heterocycles. The highest BCUT2D eigenvalue weighted by Crippen LogP contribution is 1.91. The lowest BCUT2D eigenvalue weighted by atomic mass is 10.3. The van der Waals surface area contributed by atoms with Gasteiger partial charge in [0.25, 0.3) is 0 Å². The molecule has 0 atom stereocenters. The maximum atomic E-state index is 3.66. The van der Waals surface area contributed by atoms with E-state index in [2.05, 4.69) is 27.9 Å². The van der Waals surface area contributed by atoms with E-state index in [9.17, 15) is 0 Å². The summed E-state index contributed by atoms with van der Waals surface area (Å²) < 4.78 is 0. The molecule has 0 unspecified atom stereocenters. The van der Waals surface area contributed by atoms with Crippen molar-refractivity contribution < 1.29 is 0 Å². The van der Waals surface area contributed by atoms with Crippen LogP contribution < -0.4 is 5.43 Å². The van der Waals surface area contributed by atoms with Gasteiger partial charge in [0.1, 0.15) is 0 Å². The van der Waals surface area contributed by atoms with Crippen LogP contribution in [0.4, 0.5) is 0 Å². The molecule has 0 fully saturated rings. The first-order chi connectivity index (χ1) is 5.43. The lowest BCUT2D eigenvalue weighted by molar-refractivity contribution is 0.647. The molecule has 5 nitrogen and oxygen atoms in total. The Morgan fingerprint density at radius 2 is 2.36 bits per heavy atom. The second-order valence-corrected chi connectivity index (χ2v) is 2.37. The molecule has 0 radical (unpaired) electrons. The van der Waals surface area contributed by atoms with Gasteiger partial charge in [-0.15, -0.1) is 9.89 Å². The molecule has 0 saturated heterocycles. The van der Waals surface area contributed by atoms with Crippen molar-refractivity contribution in [2.75, 3.05) is 12.0 Å². The van der Waals surface area contributed by atoms with E-state index in [0.29, 0.717) is 0 Å². The molecule has 1 heterocycles. The fraction of sp³-hybridized carbons (Fsp3) is 0.833. The lowest BCUT2D eigenvalue weighted by Crippen LogP contribution is -2.16. The van der Waals surface area contributed by atoms with Gasteiger partial charge in [0.15, 0.2) is 6.33 Å². The largest absolute Gasteiger partial charge is 0.307 e. The first-order valence-electron chi connectivity index (χ1n) is 3.90. The van der Waals surface area contributed by atoms with Gasteiger partial charge in [-0.3, -0.25) is 0 Å².